The predicted molar refractivity (Wildman–Crippen MR) is 123 cm³/mol. The Labute approximate surface area is 192 Å². The first-order valence-corrected chi connectivity index (χ1v) is 10.1. The minimum Gasteiger partial charge on any atom is -0.465 e. The van der Waals surface area contributed by atoms with Crippen molar-refractivity contribution < 1.29 is 28.6 Å². The van der Waals surface area contributed by atoms with Crippen LogP contribution in [0.3, 0.4) is 0 Å². The molecule has 3 aromatic carbocycles. The molecule has 0 spiro atoms. The highest BCUT2D eigenvalue weighted by Gasteiger charge is 2.19. The molecule has 0 heterocycles. The highest BCUT2D eigenvalue weighted by molar-refractivity contribution is 14.1. The number of halogens is 1. The Hall–Kier alpha value is -3.40. The van der Waals surface area contributed by atoms with E-state index in [2.05, 4.69) is 27.9 Å². The van der Waals surface area contributed by atoms with E-state index in [0.717, 1.165) is 3.57 Å². The molecule has 0 aromatic heterocycles. The quantitative estimate of drug-likeness (QED) is 0.359. The van der Waals surface area contributed by atoms with Crippen LogP contribution in [0, 0.1) is 3.57 Å². The van der Waals surface area contributed by atoms with Gasteiger partial charge >= 0.3 is 11.9 Å². The van der Waals surface area contributed by atoms with Gasteiger partial charge in [-0.15, -0.1) is 0 Å². The smallest absolute Gasteiger partial charge is 0.338 e. The third-order valence-electron chi connectivity index (χ3n) is 4.27. The van der Waals surface area contributed by atoms with E-state index in [-0.39, 0.29) is 17.0 Å². The van der Waals surface area contributed by atoms with E-state index >= 15 is 0 Å². The van der Waals surface area contributed by atoms with Crippen LogP contribution < -0.4 is 10.1 Å². The third kappa shape index (κ3) is 5.40. The van der Waals surface area contributed by atoms with Crippen LogP contribution >= 0.6 is 22.6 Å². The maximum absolute atomic E-state index is 12.4. The van der Waals surface area contributed by atoms with E-state index in [0.29, 0.717) is 22.7 Å². The largest absolute Gasteiger partial charge is 0.465 e. The van der Waals surface area contributed by atoms with Gasteiger partial charge in [0.1, 0.15) is 11.5 Å². The Morgan fingerprint density at radius 2 is 1.35 bits per heavy atom. The first-order chi connectivity index (χ1) is 14.9. The Kier molecular flexibility index (Phi) is 7.24. The maximum Gasteiger partial charge on any atom is 0.338 e. The second kappa shape index (κ2) is 10.1. The molecule has 0 saturated heterocycles. The topological polar surface area (TPSA) is 90.9 Å². The molecule has 1 amide bonds. The van der Waals surface area contributed by atoms with Crippen LogP contribution in [-0.4, -0.2) is 32.1 Å². The monoisotopic (exact) mass is 531 g/mol. The maximum atomic E-state index is 12.4. The lowest BCUT2D eigenvalue weighted by atomic mass is 10.1. The zero-order valence-electron chi connectivity index (χ0n) is 16.7. The number of carbonyl (C=O) groups is 3. The van der Waals surface area contributed by atoms with Gasteiger partial charge in [-0.05, 0) is 77.2 Å². The second-order valence-corrected chi connectivity index (χ2v) is 7.41. The van der Waals surface area contributed by atoms with Crippen molar-refractivity contribution >= 4 is 46.1 Å². The summed E-state index contributed by atoms with van der Waals surface area (Å²) < 4.78 is 16.1. The van der Waals surface area contributed by atoms with Crippen LogP contribution in [0.4, 0.5) is 5.69 Å². The van der Waals surface area contributed by atoms with E-state index < -0.39 is 11.9 Å². The number of amides is 1. The molecule has 0 saturated carbocycles. The zero-order valence-corrected chi connectivity index (χ0v) is 18.8. The average molecular weight is 531 g/mol. The minimum atomic E-state index is -0.681. The minimum absolute atomic E-state index is 0.0354. The Morgan fingerprint density at radius 1 is 0.742 bits per heavy atom. The molecular weight excluding hydrogens is 513 g/mol. The van der Waals surface area contributed by atoms with Gasteiger partial charge in [-0.3, -0.25) is 4.79 Å². The average Bonchev–Trinajstić information content (AvgIpc) is 2.79. The summed E-state index contributed by atoms with van der Waals surface area (Å²) in [4.78, 5) is 36.3. The van der Waals surface area contributed by atoms with Crippen LogP contribution in [0.2, 0.25) is 0 Å². The van der Waals surface area contributed by atoms with E-state index in [1.54, 1.807) is 36.4 Å². The number of anilines is 1. The fourth-order valence-corrected chi connectivity index (χ4v) is 3.37. The van der Waals surface area contributed by atoms with Crippen molar-refractivity contribution in [3.63, 3.8) is 0 Å². The lowest BCUT2D eigenvalue weighted by Gasteiger charge is -2.11. The van der Waals surface area contributed by atoms with Gasteiger partial charge in [-0.2, -0.15) is 0 Å². The third-order valence-corrected chi connectivity index (χ3v) is 5.21. The molecule has 3 rings (SSSR count). The van der Waals surface area contributed by atoms with Gasteiger partial charge in [0, 0.05) is 9.26 Å². The number of ether oxygens (including phenoxy) is 3. The Balaban J connectivity index is 1.75. The number of hydrogen-bond acceptors (Lipinski definition) is 6. The van der Waals surface area contributed by atoms with Crippen molar-refractivity contribution in [1.82, 2.24) is 0 Å². The molecule has 0 unspecified atom stereocenters. The lowest BCUT2D eigenvalue weighted by molar-refractivity contribution is 0.0555. The highest BCUT2D eigenvalue weighted by atomic mass is 127. The van der Waals surface area contributed by atoms with Crippen molar-refractivity contribution in [1.29, 1.82) is 0 Å². The lowest BCUT2D eigenvalue weighted by Crippen LogP contribution is -2.13. The molecule has 8 heteroatoms. The molecule has 3 aromatic rings. The van der Waals surface area contributed by atoms with Gasteiger partial charge in [-0.1, -0.05) is 12.1 Å². The van der Waals surface area contributed by atoms with Crippen molar-refractivity contribution in [2.75, 3.05) is 19.5 Å². The van der Waals surface area contributed by atoms with Crippen LogP contribution in [0.25, 0.3) is 0 Å². The van der Waals surface area contributed by atoms with E-state index in [1.165, 1.54) is 26.4 Å². The second-order valence-electron chi connectivity index (χ2n) is 6.25. The molecule has 0 bridgehead atoms. The van der Waals surface area contributed by atoms with Gasteiger partial charge in [0.2, 0.25) is 0 Å². The molecule has 0 aliphatic carbocycles. The molecule has 0 atom stereocenters. The fourth-order valence-electron chi connectivity index (χ4n) is 2.74. The number of rotatable bonds is 6. The molecule has 1 N–H and O–H groups in total. The summed E-state index contributed by atoms with van der Waals surface area (Å²) >= 11 is 2.11. The van der Waals surface area contributed by atoms with Crippen LogP contribution in [0.1, 0.15) is 31.1 Å². The van der Waals surface area contributed by atoms with Gasteiger partial charge in [0.05, 0.1) is 30.9 Å². The Bertz CT molecular complexity index is 1130. The van der Waals surface area contributed by atoms with Crippen molar-refractivity contribution in [2.24, 2.45) is 0 Å². The number of nitrogens with one attached hydrogen (secondary N) is 1. The van der Waals surface area contributed by atoms with Crippen molar-refractivity contribution in [2.45, 2.75) is 0 Å². The number of carbonyl (C=O) groups excluding carboxylic acids is 3. The SMILES string of the molecule is COC(=O)c1ccc(Oc2ccc(NC(=O)c3ccccc3I)cc2)cc1C(=O)OC. The summed E-state index contributed by atoms with van der Waals surface area (Å²) in [5.74, 6) is -0.725. The highest BCUT2D eigenvalue weighted by Crippen LogP contribution is 2.26. The summed E-state index contributed by atoms with van der Waals surface area (Å²) in [5.41, 5.74) is 1.31. The van der Waals surface area contributed by atoms with Crippen molar-refractivity contribution in [3.05, 3.63) is 87.0 Å². The molecule has 0 aliphatic rings. The summed E-state index contributed by atoms with van der Waals surface area (Å²) in [7, 11) is 2.45. The number of esters is 2. The molecule has 0 aliphatic heterocycles. The van der Waals surface area contributed by atoms with Gasteiger partial charge < -0.3 is 19.5 Å². The first kappa shape index (κ1) is 22.3. The fraction of sp³-hybridized carbons (Fsp3) is 0.0870. The van der Waals surface area contributed by atoms with Gasteiger partial charge in [-0.25, -0.2) is 9.59 Å². The van der Waals surface area contributed by atoms with Crippen LogP contribution in [0.5, 0.6) is 11.5 Å². The van der Waals surface area contributed by atoms with E-state index in [4.69, 9.17) is 14.2 Å². The summed E-state index contributed by atoms with van der Waals surface area (Å²) in [6.45, 7) is 0. The molecule has 158 valence electrons. The van der Waals surface area contributed by atoms with Crippen LogP contribution in [0.15, 0.2) is 66.7 Å². The predicted octanol–water partition coefficient (Wildman–Crippen LogP) is 4.91. The number of methoxy groups -OCH3 is 2. The molecule has 31 heavy (non-hydrogen) atoms. The van der Waals surface area contributed by atoms with Gasteiger partial charge in [0.15, 0.2) is 0 Å². The molecular formula is C23H18INO6. The summed E-state index contributed by atoms with van der Waals surface area (Å²) in [6, 6.07) is 18.4. The van der Waals surface area contributed by atoms with Crippen LogP contribution in [-0.2, 0) is 9.47 Å². The first-order valence-electron chi connectivity index (χ1n) is 9.07. The summed E-state index contributed by atoms with van der Waals surface area (Å²) in [6.07, 6.45) is 0. The normalized spacial score (nSPS) is 10.2. The molecule has 0 radical (unpaired) electrons. The summed E-state index contributed by atoms with van der Waals surface area (Å²) in [5, 5.41) is 2.84. The standard InChI is InChI=1S/C23H18INO6/c1-29-22(27)17-12-11-16(13-19(17)23(28)30-2)31-15-9-7-14(8-10-15)25-21(26)18-5-3-4-6-20(18)24/h3-13H,1-2H3,(H,25,26). The number of hydrogen-bond donors (Lipinski definition) is 1. The van der Waals surface area contributed by atoms with E-state index in [9.17, 15) is 14.4 Å². The Morgan fingerprint density at radius 3 is 2.00 bits per heavy atom. The zero-order chi connectivity index (χ0) is 22.4. The molecule has 7 nitrogen and oxygen atoms in total. The molecule has 0 fully saturated rings. The van der Waals surface area contributed by atoms with E-state index in [1.807, 2.05) is 18.2 Å². The van der Waals surface area contributed by atoms with Gasteiger partial charge in [0.25, 0.3) is 5.91 Å². The number of benzene rings is 3. The van der Waals surface area contributed by atoms with Crippen molar-refractivity contribution in [3.8, 4) is 11.5 Å².